The summed E-state index contributed by atoms with van der Waals surface area (Å²) in [6, 6.07) is 5.08. The maximum atomic E-state index is 13.2. The summed E-state index contributed by atoms with van der Waals surface area (Å²) in [5.41, 5.74) is 2.39. The van der Waals surface area contributed by atoms with Gasteiger partial charge in [-0.15, -0.1) is 6.58 Å². The third-order valence-electron chi connectivity index (χ3n) is 4.19. The molecule has 0 radical (unpaired) electrons. The monoisotopic (exact) mass is 386 g/mol. The molecule has 0 saturated carbocycles. The molecule has 9 heteroatoms. The number of amides is 3. The first-order chi connectivity index (χ1) is 13.5. The van der Waals surface area contributed by atoms with E-state index in [2.05, 4.69) is 17.0 Å². The molecule has 2 N–H and O–H groups in total. The minimum absolute atomic E-state index is 0.126. The number of hydrogen-bond donors (Lipinski definition) is 2. The van der Waals surface area contributed by atoms with Crippen molar-refractivity contribution in [1.82, 2.24) is 20.4 Å². The van der Waals surface area contributed by atoms with Gasteiger partial charge in [0.05, 0.1) is 5.69 Å². The van der Waals surface area contributed by atoms with Crippen molar-refractivity contribution in [2.24, 2.45) is 0 Å². The second-order valence-electron chi connectivity index (χ2n) is 6.14. The van der Waals surface area contributed by atoms with Crippen molar-refractivity contribution in [2.45, 2.75) is 19.3 Å². The Morgan fingerprint density at radius 3 is 2.71 bits per heavy atom. The molecule has 3 amide bonds. The van der Waals surface area contributed by atoms with Crippen molar-refractivity contribution in [3.05, 3.63) is 59.7 Å². The number of carbonyl (C=O) groups is 3. The first-order valence-electron chi connectivity index (χ1n) is 8.72. The first kappa shape index (κ1) is 19.3. The molecule has 1 aliphatic rings. The van der Waals surface area contributed by atoms with E-state index in [4.69, 9.17) is 4.74 Å². The van der Waals surface area contributed by atoms with E-state index in [1.165, 1.54) is 18.2 Å². The normalized spacial score (nSPS) is 12.2. The highest BCUT2D eigenvalue weighted by atomic mass is 19.1. The number of esters is 1. The standard InChI is InChI=1S/C19H19FN4O4/c1-2-10-21-19(27)22-16(25)11-28-18(26)17-14-4-3-5-15(14)24(23-17)13-8-6-12(20)7-9-13/h2,6-9H,1,3-5,10-11H2,(H2,21,22,25,27). The lowest BCUT2D eigenvalue weighted by Crippen LogP contribution is -2.41. The van der Waals surface area contributed by atoms with Gasteiger partial charge in [0.2, 0.25) is 0 Å². The number of aromatic nitrogens is 2. The van der Waals surface area contributed by atoms with Crippen molar-refractivity contribution in [3.63, 3.8) is 0 Å². The number of imide groups is 1. The fraction of sp³-hybridized carbons (Fsp3) is 0.263. The average Bonchev–Trinajstić information content (AvgIpc) is 3.28. The minimum Gasteiger partial charge on any atom is -0.451 e. The second-order valence-corrected chi connectivity index (χ2v) is 6.14. The molecule has 1 heterocycles. The van der Waals surface area contributed by atoms with Gasteiger partial charge in [-0.25, -0.2) is 18.7 Å². The summed E-state index contributed by atoms with van der Waals surface area (Å²) in [5, 5.41) is 8.71. The van der Waals surface area contributed by atoms with Gasteiger partial charge < -0.3 is 10.1 Å². The van der Waals surface area contributed by atoms with E-state index in [1.807, 2.05) is 5.32 Å². The van der Waals surface area contributed by atoms with E-state index in [0.29, 0.717) is 12.1 Å². The molecule has 2 aromatic rings. The molecule has 0 atom stereocenters. The molecular weight excluding hydrogens is 367 g/mol. The highest BCUT2D eigenvalue weighted by Gasteiger charge is 2.28. The zero-order chi connectivity index (χ0) is 20.1. The molecule has 0 fully saturated rings. The third kappa shape index (κ3) is 4.25. The molecule has 1 aromatic carbocycles. The van der Waals surface area contributed by atoms with E-state index in [-0.39, 0.29) is 18.1 Å². The van der Waals surface area contributed by atoms with E-state index in [0.717, 1.165) is 24.1 Å². The maximum absolute atomic E-state index is 13.2. The lowest BCUT2D eigenvalue weighted by Gasteiger charge is -2.06. The van der Waals surface area contributed by atoms with E-state index < -0.39 is 24.5 Å². The van der Waals surface area contributed by atoms with Gasteiger partial charge in [-0.1, -0.05) is 6.08 Å². The molecule has 3 rings (SSSR count). The third-order valence-corrected chi connectivity index (χ3v) is 4.19. The summed E-state index contributed by atoms with van der Waals surface area (Å²) >= 11 is 0. The number of halogens is 1. The summed E-state index contributed by atoms with van der Waals surface area (Å²) in [7, 11) is 0. The van der Waals surface area contributed by atoms with Gasteiger partial charge in [0.1, 0.15) is 5.82 Å². The predicted octanol–water partition coefficient (Wildman–Crippen LogP) is 1.67. The minimum atomic E-state index is -0.760. The van der Waals surface area contributed by atoms with Crippen LogP contribution in [-0.4, -0.2) is 40.8 Å². The van der Waals surface area contributed by atoms with Crippen molar-refractivity contribution < 1.29 is 23.5 Å². The average molecular weight is 386 g/mol. The number of ether oxygens (including phenoxy) is 1. The number of nitrogens with zero attached hydrogens (tertiary/aromatic N) is 2. The molecule has 1 aliphatic carbocycles. The quantitative estimate of drug-likeness (QED) is 0.581. The topological polar surface area (TPSA) is 102 Å². The van der Waals surface area contributed by atoms with Gasteiger partial charge in [-0.05, 0) is 43.5 Å². The lowest BCUT2D eigenvalue weighted by atomic mass is 10.2. The molecule has 0 aliphatic heterocycles. The molecule has 28 heavy (non-hydrogen) atoms. The number of rotatable bonds is 6. The Labute approximate surface area is 160 Å². The molecule has 146 valence electrons. The summed E-state index contributed by atoms with van der Waals surface area (Å²) in [6.07, 6.45) is 3.72. The lowest BCUT2D eigenvalue weighted by molar-refractivity contribution is -0.123. The molecular formula is C19H19FN4O4. The van der Waals surface area contributed by atoms with Crippen molar-refractivity contribution >= 4 is 17.9 Å². The molecule has 8 nitrogen and oxygen atoms in total. The number of benzene rings is 1. The van der Waals surface area contributed by atoms with Crippen LogP contribution in [0.2, 0.25) is 0 Å². The number of fused-ring (bicyclic) bond motifs is 1. The largest absolute Gasteiger partial charge is 0.451 e. The van der Waals surface area contributed by atoms with Crippen molar-refractivity contribution in [1.29, 1.82) is 0 Å². The highest BCUT2D eigenvalue weighted by molar-refractivity contribution is 5.97. The highest BCUT2D eigenvalue weighted by Crippen LogP contribution is 2.28. The Morgan fingerprint density at radius 1 is 1.25 bits per heavy atom. The maximum Gasteiger partial charge on any atom is 0.359 e. The van der Waals surface area contributed by atoms with Crippen LogP contribution in [0.4, 0.5) is 9.18 Å². The van der Waals surface area contributed by atoms with Gasteiger partial charge in [-0.3, -0.25) is 10.1 Å². The Hall–Kier alpha value is -3.49. The number of urea groups is 1. The predicted molar refractivity (Wildman–Crippen MR) is 97.6 cm³/mol. The summed E-state index contributed by atoms with van der Waals surface area (Å²) in [5.74, 6) is -1.87. The van der Waals surface area contributed by atoms with Crippen LogP contribution in [0.5, 0.6) is 0 Å². The zero-order valence-corrected chi connectivity index (χ0v) is 15.0. The SMILES string of the molecule is C=CCNC(=O)NC(=O)COC(=O)c1nn(-c2ccc(F)cc2)c2c1CCC2. The molecule has 0 bridgehead atoms. The first-order valence-corrected chi connectivity index (χ1v) is 8.72. The van der Waals surface area contributed by atoms with Crippen molar-refractivity contribution in [3.8, 4) is 5.69 Å². The van der Waals surface area contributed by atoms with Crippen LogP contribution in [0.1, 0.15) is 28.2 Å². The van der Waals surface area contributed by atoms with Crippen LogP contribution in [0.25, 0.3) is 5.69 Å². The zero-order valence-electron chi connectivity index (χ0n) is 15.0. The van der Waals surface area contributed by atoms with Crippen LogP contribution in [-0.2, 0) is 22.4 Å². The number of hydrogen-bond acceptors (Lipinski definition) is 5. The van der Waals surface area contributed by atoms with Crippen LogP contribution in [0.3, 0.4) is 0 Å². The van der Waals surface area contributed by atoms with Gasteiger partial charge in [0.15, 0.2) is 12.3 Å². The number of nitrogens with one attached hydrogen (secondary N) is 2. The van der Waals surface area contributed by atoms with Crippen molar-refractivity contribution in [2.75, 3.05) is 13.2 Å². The van der Waals surface area contributed by atoms with Gasteiger partial charge >= 0.3 is 12.0 Å². The Balaban J connectivity index is 1.68. The molecule has 0 spiro atoms. The number of carbonyl (C=O) groups excluding carboxylic acids is 3. The fourth-order valence-electron chi connectivity index (χ4n) is 2.97. The fourth-order valence-corrected chi connectivity index (χ4v) is 2.97. The summed E-state index contributed by atoms with van der Waals surface area (Å²) in [6.45, 7) is 3.02. The van der Waals surface area contributed by atoms with E-state index in [9.17, 15) is 18.8 Å². The van der Waals surface area contributed by atoms with Gasteiger partial charge in [0.25, 0.3) is 5.91 Å². The van der Waals surface area contributed by atoms with Gasteiger partial charge in [0, 0.05) is 17.8 Å². The molecule has 0 saturated heterocycles. The van der Waals surface area contributed by atoms with Crippen LogP contribution in [0.15, 0.2) is 36.9 Å². The van der Waals surface area contributed by atoms with E-state index >= 15 is 0 Å². The van der Waals surface area contributed by atoms with Gasteiger partial charge in [-0.2, -0.15) is 5.10 Å². The van der Waals surface area contributed by atoms with E-state index in [1.54, 1.807) is 16.8 Å². The Bertz CT molecular complexity index is 921. The summed E-state index contributed by atoms with van der Waals surface area (Å²) < 4.78 is 19.8. The summed E-state index contributed by atoms with van der Waals surface area (Å²) in [4.78, 5) is 35.5. The van der Waals surface area contributed by atoms with Crippen LogP contribution in [0, 0.1) is 5.82 Å². The molecule has 1 aromatic heterocycles. The van der Waals surface area contributed by atoms with Crippen LogP contribution < -0.4 is 10.6 Å². The second kappa shape index (κ2) is 8.47. The molecule has 0 unspecified atom stereocenters. The Morgan fingerprint density at radius 2 is 2.00 bits per heavy atom. The Kier molecular flexibility index (Phi) is 5.83. The van der Waals surface area contributed by atoms with Crippen LogP contribution >= 0.6 is 0 Å². The smallest absolute Gasteiger partial charge is 0.359 e.